The van der Waals surface area contributed by atoms with Gasteiger partial charge in [-0.3, -0.25) is 0 Å². The molecule has 104 valence electrons. The Hall–Kier alpha value is -2.11. The fraction of sp³-hybridized carbons (Fsp3) is 0.0526. The largest absolute Gasteiger partial charge is 0.388 e. The average Bonchev–Trinajstić information content (AvgIpc) is 2.58. The molecule has 1 nitrogen and oxygen atoms in total. The van der Waals surface area contributed by atoms with Gasteiger partial charge in [0.25, 0.3) is 0 Å². The minimum absolute atomic E-state index is 0.491. The van der Waals surface area contributed by atoms with Gasteiger partial charge in [0.15, 0.2) is 0 Å². The summed E-state index contributed by atoms with van der Waals surface area (Å²) in [6.45, 7) is 0. The van der Waals surface area contributed by atoms with Crippen LogP contribution in [0, 0.1) is 0 Å². The van der Waals surface area contributed by atoms with Gasteiger partial charge in [-0.15, -0.1) is 0 Å². The summed E-state index contributed by atoms with van der Waals surface area (Å²) in [5.41, 5.74) is 1.15. The molecule has 0 amide bonds. The summed E-state index contributed by atoms with van der Waals surface area (Å²) in [4.78, 5) is 0. The van der Waals surface area contributed by atoms with Crippen LogP contribution in [0.2, 0.25) is 0 Å². The number of anilines is 1. The molecular formula is C19H18NP. The molecule has 1 N–H and O–H groups in total. The molecule has 0 spiro atoms. The van der Waals surface area contributed by atoms with E-state index in [9.17, 15) is 0 Å². The standard InChI is InChI=1S/C19H18NP/c1-20-16-12-14-19(15-13-16)21(17-8-4-2-5-9-17)18-10-6-3-7-11-18/h2-15,20H,1H3. The first-order chi connectivity index (χ1) is 10.4. The number of rotatable bonds is 4. The maximum atomic E-state index is 3.18. The zero-order chi connectivity index (χ0) is 14.5. The second kappa shape index (κ2) is 6.56. The van der Waals surface area contributed by atoms with Gasteiger partial charge >= 0.3 is 0 Å². The topological polar surface area (TPSA) is 12.0 Å². The van der Waals surface area contributed by atoms with Crippen molar-refractivity contribution in [2.75, 3.05) is 12.4 Å². The lowest BCUT2D eigenvalue weighted by Crippen LogP contribution is -2.20. The SMILES string of the molecule is CNc1ccc(P(c2ccccc2)c2ccccc2)cc1. The van der Waals surface area contributed by atoms with Crippen LogP contribution in [0.5, 0.6) is 0 Å². The maximum absolute atomic E-state index is 3.18. The molecule has 0 radical (unpaired) electrons. The van der Waals surface area contributed by atoms with Crippen molar-refractivity contribution in [3.8, 4) is 0 Å². The third-order valence-electron chi connectivity index (χ3n) is 3.44. The van der Waals surface area contributed by atoms with E-state index in [4.69, 9.17) is 0 Å². The fourth-order valence-electron chi connectivity index (χ4n) is 2.38. The summed E-state index contributed by atoms with van der Waals surface area (Å²) in [5, 5.41) is 7.33. The highest BCUT2D eigenvalue weighted by atomic mass is 31.1. The minimum atomic E-state index is -0.491. The van der Waals surface area contributed by atoms with E-state index in [0.29, 0.717) is 0 Å². The van der Waals surface area contributed by atoms with Crippen molar-refractivity contribution in [2.24, 2.45) is 0 Å². The van der Waals surface area contributed by atoms with Gasteiger partial charge in [0.2, 0.25) is 0 Å². The van der Waals surface area contributed by atoms with E-state index in [1.54, 1.807) is 0 Å². The Kier molecular flexibility index (Phi) is 4.33. The molecule has 21 heavy (non-hydrogen) atoms. The Morgan fingerprint density at radius 1 is 0.571 bits per heavy atom. The van der Waals surface area contributed by atoms with Crippen LogP contribution < -0.4 is 21.2 Å². The van der Waals surface area contributed by atoms with Crippen molar-refractivity contribution >= 4 is 29.5 Å². The van der Waals surface area contributed by atoms with E-state index in [1.807, 2.05) is 7.05 Å². The van der Waals surface area contributed by atoms with Crippen LogP contribution in [0.15, 0.2) is 84.9 Å². The zero-order valence-corrected chi connectivity index (χ0v) is 12.9. The quantitative estimate of drug-likeness (QED) is 0.726. The van der Waals surface area contributed by atoms with Gasteiger partial charge in [-0.05, 0) is 36.0 Å². The molecule has 0 aliphatic rings. The summed E-state index contributed by atoms with van der Waals surface area (Å²) in [6, 6.07) is 30.3. The lowest BCUT2D eigenvalue weighted by Gasteiger charge is -2.19. The van der Waals surface area contributed by atoms with Gasteiger partial charge in [-0.1, -0.05) is 72.8 Å². The predicted octanol–water partition coefficient (Wildman–Crippen LogP) is 3.49. The van der Waals surface area contributed by atoms with Crippen molar-refractivity contribution in [1.29, 1.82) is 0 Å². The highest BCUT2D eigenvalue weighted by Gasteiger charge is 2.15. The summed E-state index contributed by atoms with van der Waals surface area (Å²) >= 11 is 0. The van der Waals surface area contributed by atoms with Crippen LogP contribution >= 0.6 is 7.92 Å². The van der Waals surface area contributed by atoms with Gasteiger partial charge in [0.1, 0.15) is 0 Å². The van der Waals surface area contributed by atoms with Crippen molar-refractivity contribution in [3.63, 3.8) is 0 Å². The van der Waals surface area contributed by atoms with Crippen LogP contribution in [0.1, 0.15) is 0 Å². The Morgan fingerprint density at radius 3 is 1.43 bits per heavy atom. The molecule has 0 unspecified atom stereocenters. The fourth-order valence-corrected chi connectivity index (χ4v) is 4.66. The Bertz CT molecular complexity index is 638. The van der Waals surface area contributed by atoms with E-state index < -0.39 is 7.92 Å². The third kappa shape index (κ3) is 3.15. The minimum Gasteiger partial charge on any atom is -0.388 e. The summed E-state index contributed by atoms with van der Waals surface area (Å²) < 4.78 is 0. The lowest BCUT2D eigenvalue weighted by atomic mass is 10.3. The van der Waals surface area contributed by atoms with Crippen LogP contribution in [-0.4, -0.2) is 7.05 Å². The van der Waals surface area contributed by atoms with E-state index in [-0.39, 0.29) is 0 Å². The molecule has 0 saturated carbocycles. The van der Waals surface area contributed by atoms with Crippen molar-refractivity contribution < 1.29 is 0 Å². The zero-order valence-electron chi connectivity index (χ0n) is 12.0. The highest BCUT2D eigenvalue weighted by molar-refractivity contribution is 7.79. The Labute approximate surface area is 127 Å². The first kappa shape index (κ1) is 13.9. The summed E-state index contributed by atoms with van der Waals surface area (Å²) in [6.07, 6.45) is 0. The van der Waals surface area contributed by atoms with E-state index in [1.165, 1.54) is 15.9 Å². The van der Waals surface area contributed by atoms with Gasteiger partial charge in [-0.2, -0.15) is 0 Å². The monoisotopic (exact) mass is 291 g/mol. The lowest BCUT2D eigenvalue weighted by molar-refractivity contribution is 1.52. The summed E-state index contributed by atoms with van der Waals surface area (Å²) in [7, 11) is 1.46. The molecule has 0 bridgehead atoms. The van der Waals surface area contributed by atoms with Crippen molar-refractivity contribution in [1.82, 2.24) is 0 Å². The highest BCUT2D eigenvalue weighted by Crippen LogP contribution is 2.32. The molecule has 0 fully saturated rings. The number of hydrogen-bond donors (Lipinski definition) is 1. The molecule has 0 aliphatic heterocycles. The molecule has 3 rings (SSSR count). The van der Waals surface area contributed by atoms with Crippen molar-refractivity contribution in [3.05, 3.63) is 84.9 Å². The molecular weight excluding hydrogens is 273 g/mol. The molecule has 0 heterocycles. The van der Waals surface area contributed by atoms with Gasteiger partial charge in [0.05, 0.1) is 0 Å². The summed E-state index contributed by atoms with van der Waals surface area (Å²) in [5.74, 6) is 0. The number of nitrogens with one attached hydrogen (secondary N) is 1. The van der Waals surface area contributed by atoms with Crippen LogP contribution in [0.25, 0.3) is 0 Å². The Balaban J connectivity index is 2.07. The van der Waals surface area contributed by atoms with Gasteiger partial charge < -0.3 is 5.32 Å². The molecule has 0 aliphatic carbocycles. The first-order valence-corrected chi connectivity index (χ1v) is 8.41. The normalized spacial score (nSPS) is 10.6. The van der Waals surface area contributed by atoms with Crippen LogP contribution in [0.4, 0.5) is 5.69 Å². The first-order valence-electron chi connectivity index (χ1n) is 7.06. The van der Waals surface area contributed by atoms with Crippen LogP contribution in [0.3, 0.4) is 0 Å². The second-order valence-corrected chi connectivity index (χ2v) is 7.02. The maximum Gasteiger partial charge on any atom is 0.0338 e. The van der Waals surface area contributed by atoms with Crippen LogP contribution in [-0.2, 0) is 0 Å². The molecule has 0 aromatic heterocycles. The molecule has 3 aromatic rings. The van der Waals surface area contributed by atoms with Crippen molar-refractivity contribution in [2.45, 2.75) is 0 Å². The predicted molar refractivity (Wildman–Crippen MR) is 94.7 cm³/mol. The van der Waals surface area contributed by atoms with Gasteiger partial charge in [-0.25, -0.2) is 0 Å². The molecule has 2 heteroatoms. The van der Waals surface area contributed by atoms with E-state index in [0.717, 1.165) is 5.69 Å². The second-order valence-electron chi connectivity index (χ2n) is 4.80. The van der Waals surface area contributed by atoms with Gasteiger partial charge in [0, 0.05) is 12.7 Å². The third-order valence-corrected chi connectivity index (χ3v) is 5.89. The number of benzene rings is 3. The Morgan fingerprint density at radius 2 is 1.00 bits per heavy atom. The van der Waals surface area contributed by atoms with E-state index in [2.05, 4.69) is 90.2 Å². The molecule has 0 saturated heterocycles. The molecule has 3 aromatic carbocycles. The smallest absolute Gasteiger partial charge is 0.0338 e. The van der Waals surface area contributed by atoms with E-state index >= 15 is 0 Å². The average molecular weight is 291 g/mol. The molecule has 0 atom stereocenters. The number of hydrogen-bond acceptors (Lipinski definition) is 1.